The van der Waals surface area contributed by atoms with Crippen LogP contribution in [0, 0.1) is 0 Å². The van der Waals surface area contributed by atoms with E-state index in [1.54, 1.807) is 6.33 Å². The van der Waals surface area contributed by atoms with Gasteiger partial charge in [-0.3, -0.25) is 0 Å². The highest BCUT2D eigenvalue weighted by Crippen LogP contribution is 2.26. The van der Waals surface area contributed by atoms with Crippen LogP contribution in [-0.4, -0.2) is 34.3 Å². The number of benzene rings is 1. The molecule has 22 heavy (non-hydrogen) atoms. The van der Waals surface area contributed by atoms with Crippen LogP contribution in [0.2, 0.25) is 0 Å². The van der Waals surface area contributed by atoms with Crippen LogP contribution in [0.4, 0.5) is 11.6 Å². The van der Waals surface area contributed by atoms with Gasteiger partial charge in [0.05, 0.1) is 6.61 Å². The molecule has 1 atom stereocenters. The highest BCUT2D eigenvalue weighted by Gasteiger charge is 2.18. The first-order valence-corrected chi connectivity index (χ1v) is 8.16. The first-order valence-electron chi connectivity index (χ1n) is 7.37. The van der Waals surface area contributed by atoms with Gasteiger partial charge in [0.2, 0.25) is 0 Å². The average molecular weight is 363 g/mol. The van der Waals surface area contributed by atoms with Crippen LogP contribution in [0.1, 0.15) is 18.1 Å². The summed E-state index contributed by atoms with van der Waals surface area (Å²) in [7, 11) is 0. The minimum absolute atomic E-state index is 0.0258. The fourth-order valence-corrected chi connectivity index (χ4v) is 3.02. The number of hydrogen-bond donors (Lipinski definition) is 2. The van der Waals surface area contributed by atoms with E-state index in [-0.39, 0.29) is 12.6 Å². The van der Waals surface area contributed by atoms with Crippen molar-refractivity contribution >= 4 is 27.6 Å². The number of nitrogens with zero attached hydrogens (tertiary/aromatic N) is 3. The lowest BCUT2D eigenvalue weighted by Crippen LogP contribution is -2.31. The number of halogens is 1. The van der Waals surface area contributed by atoms with Gasteiger partial charge < -0.3 is 15.3 Å². The number of aromatic nitrogens is 2. The molecule has 3 rings (SSSR count). The molecule has 0 saturated carbocycles. The summed E-state index contributed by atoms with van der Waals surface area (Å²) in [6.07, 6.45) is 2.58. The van der Waals surface area contributed by atoms with Gasteiger partial charge in [-0.25, -0.2) is 9.97 Å². The smallest absolute Gasteiger partial charge is 0.134 e. The minimum Gasteiger partial charge on any atom is -0.394 e. The molecule has 2 aromatic rings. The zero-order valence-electron chi connectivity index (χ0n) is 12.5. The predicted octanol–water partition coefficient (Wildman–Crippen LogP) is 2.59. The van der Waals surface area contributed by atoms with Gasteiger partial charge in [-0.15, -0.1) is 0 Å². The van der Waals surface area contributed by atoms with Crippen LogP contribution in [0.25, 0.3) is 0 Å². The maximum absolute atomic E-state index is 9.13. The third kappa shape index (κ3) is 3.39. The normalized spacial score (nSPS) is 15.3. The summed E-state index contributed by atoms with van der Waals surface area (Å²) in [6, 6.07) is 8.36. The number of anilines is 2. The largest absolute Gasteiger partial charge is 0.394 e. The van der Waals surface area contributed by atoms with E-state index in [1.807, 2.05) is 13.0 Å². The molecule has 0 bridgehead atoms. The molecular formula is C16H19BrN4O. The van der Waals surface area contributed by atoms with Crippen molar-refractivity contribution in [2.75, 3.05) is 23.4 Å². The van der Waals surface area contributed by atoms with Crippen LogP contribution in [-0.2, 0) is 13.0 Å². The number of aliphatic hydroxyl groups excluding tert-OH is 1. The van der Waals surface area contributed by atoms with E-state index in [0.29, 0.717) is 0 Å². The van der Waals surface area contributed by atoms with E-state index in [9.17, 15) is 0 Å². The van der Waals surface area contributed by atoms with Gasteiger partial charge in [0.1, 0.15) is 18.0 Å². The van der Waals surface area contributed by atoms with Gasteiger partial charge in [0, 0.05) is 29.7 Å². The number of rotatable bonds is 4. The first-order chi connectivity index (χ1) is 10.7. The Bertz CT molecular complexity index is 664. The van der Waals surface area contributed by atoms with Crippen LogP contribution in [0.3, 0.4) is 0 Å². The van der Waals surface area contributed by atoms with E-state index in [1.165, 1.54) is 11.1 Å². The molecule has 0 amide bonds. The summed E-state index contributed by atoms with van der Waals surface area (Å²) in [5.74, 6) is 1.66. The van der Waals surface area contributed by atoms with Crippen LogP contribution < -0.4 is 10.2 Å². The highest BCUT2D eigenvalue weighted by molar-refractivity contribution is 9.10. The van der Waals surface area contributed by atoms with E-state index in [2.05, 4.69) is 54.3 Å². The fraction of sp³-hybridized carbons (Fsp3) is 0.375. The van der Waals surface area contributed by atoms with Gasteiger partial charge in [-0.1, -0.05) is 22.0 Å². The molecule has 5 nitrogen and oxygen atoms in total. The molecule has 0 radical (unpaired) electrons. The average Bonchev–Trinajstić information content (AvgIpc) is 2.54. The second kappa shape index (κ2) is 6.62. The molecule has 6 heteroatoms. The molecule has 1 aromatic carbocycles. The highest BCUT2D eigenvalue weighted by atomic mass is 79.9. The molecule has 0 saturated heterocycles. The lowest BCUT2D eigenvalue weighted by atomic mass is 10.00. The van der Waals surface area contributed by atoms with Gasteiger partial charge >= 0.3 is 0 Å². The number of nitrogens with one attached hydrogen (secondary N) is 1. The Kier molecular flexibility index (Phi) is 4.59. The maximum Gasteiger partial charge on any atom is 0.134 e. The molecule has 0 spiro atoms. The molecule has 1 aliphatic heterocycles. The van der Waals surface area contributed by atoms with Crippen molar-refractivity contribution in [2.45, 2.75) is 25.9 Å². The number of fused-ring (bicyclic) bond motifs is 1. The summed E-state index contributed by atoms with van der Waals surface area (Å²) in [5, 5.41) is 12.3. The zero-order valence-corrected chi connectivity index (χ0v) is 14.0. The van der Waals surface area contributed by atoms with E-state index in [4.69, 9.17) is 5.11 Å². The third-order valence-electron chi connectivity index (χ3n) is 3.83. The number of aliphatic hydroxyl groups is 1. The van der Waals surface area contributed by atoms with Gasteiger partial charge in [0.25, 0.3) is 0 Å². The van der Waals surface area contributed by atoms with E-state index >= 15 is 0 Å². The standard InChI is InChI=1S/C16H19BrN4O/c1-11(9-22)20-15-7-16(19-10-18-15)21-5-4-12-6-14(17)3-2-13(12)8-21/h2-3,6-7,10-11,22H,4-5,8-9H2,1H3,(H,18,19,20)/t11-/m0/s1. The summed E-state index contributed by atoms with van der Waals surface area (Å²) in [5.41, 5.74) is 2.73. The number of hydrogen-bond acceptors (Lipinski definition) is 5. The Hall–Kier alpha value is -1.66. The Morgan fingerprint density at radius 2 is 2.18 bits per heavy atom. The summed E-state index contributed by atoms with van der Waals surface area (Å²) < 4.78 is 1.13. The molecule has 0 unspecified atom stereocenters. The van der Waals surface area contributed by atoms with Crippen molar-refractivity contribution < 1.29 is 5.11 Å². The van der Waals surface area contributed by atoms with Crippen LogP contribution >= 0.6 is 15.9 Å². The third-order valence-corrected chi connectivity index (χ3v) is 4.32. The SMILES string of the molecule is C[C@@H](CO)Nc1cc(N2CCc3cc(Br)ccc3C2)ncn1. The molecule has 1 aromatic heterocycles. The molecule has 2 N–H and O–H groups in total. The van der Waals surface area contributed by atoms with Gasteiger partial charge in [-0.05, 0) is 36.6 Å². The van der Waals surface area contributed by atoms with Crippen molar-refractivity contribution in [3.8, 4) is 0 Å². The van der Waals surface area contributed by atoms with Gasteiger partial charge in [-0.2, -0.15) is 0 Å². The monoisotopic (exact) mass is 362 g/mol. The first kappa shape index (κ1) is 15.2. The van der Waals surface area contributed by atoms with Crippen molar-refractivity contribution in [3.63, 3.8) is 0 Å². The molecule has 0 aliphatic carbocycles. The van der Waals surface area contributed by atoms with E-state index in [0.717, 1.165) is 35.6 Å². The van der Waals surface area contributed by atoms with E-state index < -0.39 is 0 Å². The molecule has 2 heterocycles. The zero-order chi connectivity index (χ0) is 15.5. The van der Waals surface area contributed by atoms with Gasteiger partial charge in [0.15, 0.2) is 0 Å². The molecular weight excluding hydrogens is 344 g/mol. The molecule has 1 aliphatic rings. The summed E-state index contributed by atoms with van der Waals surface area (Å²) >= 11 is 3.53. The molecule has 0 fully saturated rings. The Morgan fingerprint density at radius 1 is 1.32 bits per heavy atom. The topological polar surface area (TPSA) is 61.3 Å². The summed E-state index contributed by atoms with van der Waals surface area (Å²) in [4.78, 5) is 10.9. The molecule has 116 valence electrons. The lowest BCUT2D eigenvalue weighted by molar-refractivity contribution is 0.281. The van der Waals surface area contributed by atoms with Crippen LogP contribution in [0.15, 0.2) is 35.1 Å². The summed E-state index contributed by atoms with van der Waals surface area (Å²) in [6.45, 7) is 3.78. The quantitative estimate of drug-likeness (QED) is 0.875. The maximum atomic E-state index is 9.13. The minimum atomic E-state index is -0.0258. The van der Waals surface area contributed by atoms with Crippen molar-refractivity contribution in [1.29, 1.82) is 0 Å². The second-order valence-corrected chi connectivity index (χ2v) is 6.49. The van der Waals surface area contributed by atoms with Crippen molar-refractivity contribution in [2.24, 2.45) is 0 Å². The van der Waals surface area contributed by atoms with Crippen molar-refractivity contribution in [3.05, 3.63) is 46.2 Å². The lowest BCUT2D eigenvalue weighted by Gasteiger charge is -2.30. The Balaban J connectivity index is 1.78. The predicted molar refractivity (Wildman–Crippen MR) is 91.1 cm³/mol. The van der Waals surface area contributed by atoms with Crippen LogP contribution in [0.5, 0.6) is 0 Å². The van der Waals surface area contributed by atoms with Crippen molar-refractivity contribution in [1.82, 2.24) is 9.97 Å². The fourth-order valence-electron chi connectivity index (χ4n) is 2.61. The second-order valence-electron chi connectivity index (χ2n) is 5.57. The Morgan fingerprint density at radius 3 is 3.00 bits per heavy atom. The Labute approximate surface area is 138 Å².